The molecule has 0 saturated carbocycles. The normalized spacial score (nSPS) is 17.6. The van der Waals surface area contributed by atoms with Crippen LogP contribution in [-0.4, -0.2) is 50.5 Å². The molecule has 1 aliphatic heterocycles. The summed E-state index contributed by atoms with van der Waals surface area (Å²) in [5, 5.41) is 4.86. The Labute approximate surface area is 169 Å². The number of amides is 2. The number of nitrogens with zero attached hydrogens (tertiary/aromatic N) is 1. The number of carbonyl (C=O) groups is 2. The van der Waals surface area contributed by atoms with Crippen molar-refractivity contribution in [3.63, 3.8) is 0 Å². The summed E-state index contributed by atoms with van der Waals surface area (Å²) >= 11 is 0. The van der Waals surface area contributed by atoms with E-state index in [0.717, 1.165) is 5.56 Å². The maximum Gasteiger partial charge on any atom is 0.309 e. The minimum Gasteiger partial charge on any atom is -0.467 e. The maximum absolute atomic E-state index is 13.0. The maximum atomic E-state index is 13.0. The first-order valence-electron chi connectivity index (χ1n) is 9.16. The first-order valence-corrected chi connectivity index (χ1v) is 10.6. The van der Waals surface area contributed by atoms with Gasteiger partial charge in [0.05, 0.1) is 30.9 Å². The summed E-state index contributed by atoms with van der Waals surface area (Å²) < 4.78 is 37.8. The fourth-order valence-corrected chi connectivity index (χ4v) is 4.43. The van der Waals surface area contributed by atoms with Crippen LogP contribution in [0.25, 0.3) is 0 Å². The van der Waals surface area contributed by atoms with Crippen molar-refractivity contribution < 1.29 is 27.2 Å². The van der Waals surface area contributed by atoms with E-state index < -0.39 is 28.1 Å². The Morgan fingerprint density at radius 3 is 2.55 bits per heavy atom. The molecule has 0 bridgehead atoms. The molecule has 2 N–H and O–H groups in total. The van der Waals surface area contributed by atoms with E-state index in [1.807, 2.05) is 6.92 Å². The van der Waals surface area contributed by atoms with Gasteiger partial charge in [-0.2, -0.15) is 4.31 Å². The van der Waals surface area contributed by atoms with Gasteiger partial charge in [0.1, 0.15) is 12.0 Å². The van der Waals surface area contributed by atoms with E-state index in [-0.39, 0.29) is 24.5 Å². The number of carbonyl (C=O) groups excluding carboxylic acids is 2. The number of benzene rings is 1. The lowest BCUT2D eigenvalue weighted by molar-refractivity contribution is -0.140. The van der Waals surface area contributed by atoms with Gasteiger partial charge in [-0.05, 0) is 37.6 Å². The number of furan rings is 1. The quantitative estimate of drug-likeness (QED) is 0.665. The molecule has 2 amide bonds. The van der Waals surface area contributed by atoms with Crippen LogP contribution in [0.15, 0.2) is 52.0 Å². The SMILES string of the molecule is Cc1ccc(S(=O)(=O)N2CCCO[C@@H]2CNC(=O)C(=O)NCc2ccco2)cc1. The van der Waals surface area contributed by atoms with Crippen LogP contribution in [0.5, 0.6) is 0 Å². The smallest absolute Gasteiger partial charge is 0.309 e. The Hall–Kier alpha value is -2.69. The average Bonchev–Trinajstić information content (AvgIpc) is 3.24. The van der Waals surface area contributed by atoms with Crippen molar-refractivity contribution in [2.24, 2.45) is 0 Å². The first kappa shape index (κ1) is 21.0. The van der Waals surface area contributed by atoms with Gasteiger partial charge in [0.2, 0.25) is 10.0 Å². The number of hydrogen-bond acceptors (Lipinski definition) is 6. The molecule has 9 nitrogen and oxygen atoms in total. The summed E-state index contributed by atoms with van der Waals surface area (Å²) in [6.07, 6.45) is 1.11. The lowest BCUT2D eigenvalue weighted by Crippen LogP contribution is -2.53. The summed E-state index contributed by atoms with van der Waals surface area (Å²) in [6.45, 7) is 2.44. The fourth-order valence-electron chi connectivity index (χ4n) is 2.87. The van der Waals surface area contributed by atoms with Crippen molar-refractivity contribution >= 4 is 21.8 Å². The van der Waals surface area contributed by atoms with E-state index in [2.05, 4.69) is 10.6 Å². The van der Waals surface area contributed by atoms with Crippen LogP contribution in [0, 0.1) is 6.92 Å². The average molecular weight is 421 g/mol. The van der Waals surface area contributed by atoms with Crippen molar-refractivity contribution in [1.29, 1.82) is 0 Å². The van der Waals surface area contributed by atoms with Crippen molar-refractivity contribution in [3.8, 4) is 0 Å². The summed E-state index contributed by atoms with van der Waals surface area (Å²) in [5.41, 5.74) is 0.947. The Balaban J connectivity index is 1.60. The predicted octanol–water partition coefficient (Wildman–Crippen LogP) is 0.758. The molecule has 2 aromatic rings. The Morgan fingerprint density at radius 2 is 1.86 bits per heavy atom. The Bertz CT molecular complexity index is 941. The van der Waals surface area contributed by atoms with Crippen molar-refractivity contribution in [2.75, 3.05) is 19.7 Å². The molecule has 10 heteroatoms. The van der Waals surface area contributed by atoms with Gasteiger partial charge in [0, 0.05) is 6.54 Å². The molecule has 2 heterocycles. The molecule has 0 aliphatic carbocycles. The largest absolute Gasteiger partial charge is 0.467 e. The second-order valence-electron chi connectivity index (χ2n) is 6.58. The van der Waals surface area contributed by atoms with Gasteiger partial charge in [-0.25, -0.2) is 8.42 Å². The van der Waals surface area contributed by atoms with Crippen LogP contribution in [0.2, 0.25) is 0 Å². The minimum atomic E-state index is -3.79. The molecule has 1 aromatic carbocycles. The van der Waals surface area contributed by atoms with Crippen LogP contribution >= 0.6 is 0 Å². The van der Waals surface area contributed by atoms with Crippen molar-refractivity contribution in [2.45, 2.75) is 31.0 Å². The lowest BCUT2D eigenvalue weighted by Gasteiger charge is -2.34. The van der Waals surface area contributed by atoms with Crippen LogP contribution in [0.3, 0.4) is 0 Å². The molecule has 1 aromatic heterocycles. The summed E-state index contributed by atoms with van der Waals surface area (Å²) in [5.74, 6) is -1.21. The second-order valence-corrected chi connectivity index (χ2v) is 8.47. The number of aryl methyl sites for hydroxylation is 1. The number of nitrogens with one attached hydrogen (secondary N) is 2. The van der Waals surface area contributed by atoms with Gasteiger partial charge in [-0.15, -0.1) is 0 Å². The van der Waals surface area contributed by atoms with Gasteiger partial charge >= 0.3 is 11.8 Å². The van der Waals surface area contributed by atoms with Crippen LogP contribution < -0.4 is 10.6 Å². The minimum absolute atomic E-state index is 0.0765. The van der Waals surface area contributed by atoms with E-state index in [1.165, 1.54) is 22.7 Å². The lowest BCUT2D eigenvalue weighted by atomic mass is 10.2. The zero-order chi connectivity index (χ0) is 20.9. The first-order chi connectivity index (χ1) is 13.9. The highest BCUT2D eigenvalue weighted by molar-refractivity contribution is 7.89. The van der Waals surface area contributed by atoms with Gasteiger partial charge in [0.15, 0.2) is 0 Å². The molecule has 29 heavy (non-hydrogen) atoms. The van der Waals surface area contributed by atoms with Gasteiger partial charge in [0.25, 0.3) is 0 Å². The highest BCUT2D eigenvalue weighted by atomic mass is 32.2. The molecule has 0 spiro atoms. The zero-order valence-corrected chi connectivity index (χ0v) is 16.8. The molecule has 3 rings (SSSR count). The highest BCUT2D eigenvalue weighted by Crippen LogP contribution is 2.22. The zero-order valence-electron chi connectivity index (χ0n) is 16.0. The molecule has 1 fully saturated rings. The molecule has 1 atom stereocenters. The molecule has 1 saturated heterocycles. The third-order valence-electron chi connectivity index (χ3n) is 4.43. The molecule has 1 aliphatic rings. The summed E-state index contributed by atoms with van der Waals surface area (Å²) in [7, 11) is -3.79. The van der Waals surface area contributed by atoms with E-state index in [4.69, 9.17) is 9.15 Å². The summed E-state index contributed by atoms with van der Waals surface area (Å²) in [6, 6.07) is 9.86. The topological polar surface area (TPSA) is 118 Å². The highest BCUT2D eigenvalue weighted by Gasteiger charge is 2.34. The van der Waals surface area contributed by atoms with Crippen LogP contribution in [0.4, 0.5) is 0 Å². The predicted molar refractivity (Wildman–Crippen MR) is 103 cm³/mol. The van der Waals surface area contributed by atoms with Crippen LogP contribution in [-0.2, 0) is 30.9 Å². The molecule has 156 valence electrons. The molecule has 0 radical (unpaired) electrons. The Morgan fingerprint density at radius 1 is 1.14 bits per heavy atom. The molecular formula is C19H23N3O6S. The number of rotatable bonds is 6. The number of sulfonamides is 1. The Kier molecular flexibility index (Phi) is 6.68. The standard InChI is InChI=1S/C19H23N3O6S/c1-14-5-7-16(8-6-14)29(25,26)22-9-3-11-28-17(22)13-21-19(24)18(23)20-12-15-4-2-10-27-15/h2,4-8,10,17H,3,9,11-13H2,1H3,(H,20,23)(H,21,24)/t17-/m1/s1. The van der Waals surface area contributed by atoms with Crippen molar-refractivity contribution in [3.05, 3.63) is 54.0 Å². The van der Waals surface area contributed by atoms with Crippen molar-refractivity contribution in [1.82, 2.24) is 14.9 Å². The number of hydrogen-bond donors (Lipinski definition) is 2. The van der Waals surface area contributed by atoms with E-state index in [9.17, 15) is 18.0 Å². The molecule has 0 unspecified atom stereocenters. The van der Waals surface area contributed by atoms with E-state index >= 15 is 0 Å². The third-order valence-corrected chi connectivity index (χ3v) is 6.33. The van der Waals surface area contributed by atoms with Crippen LogP contribution in [0.1, 0.15) is 17.7 Å². The van der Waals surface area contributed by atoms with Gasteiger partial charge < -0.3 is 19.8 Å². The molecular weight excluding hydrogens is 398 g/mol. The van der Waals surface area contributed by atoms with Gasteiger partial charge in [-0.3, -0.25) is 9.59 Å². The summed E-state index contributed by atoms with van der Waals surface area (Å²) in [4.78, 5) is 24.1. The monoisotopic (exact) mass is 421 g/mol. The fraction of sp³-hybridized carbons (Fsp3) is 0.368. The van der Waals surface area contributed by atoms with E-state index in [1.54, 1.807) is 24.3 Å². The van der Waals surface area contributed by atoms with Gasteiger partial charge in [-0.1, -0.05) is 17.7 Å². The third kappa shape index (κ3) is 5.22. The number of ether oxygens (including phenoxy) is 1. The second kappa shape index (κ2) is 9.21. The van der Waals surface area contributed by atoms with E-state index in [0.29, 0.717) is 18.8 Å².